The van der Waals surface area contributed by atoms with Gasteiger partial charge in [0.05, 0.1) is 5.39 Å². The monoisotopic (exact) mass is 242 g/mol. The predicted octanol–water partition coefficient (Wildman–Crippen LogP) is 3.07. The molecular weight excluding hydrogens is 232 g/mol. The van der Waals surface area contributed by atoms with Crippen molar-refractivity contribution in [2.24, 2.45) is 0 Å². The van der Waals surface area contributed by atoms with Gasteiger partial charge in [-0.3, -0.25) is 0 Å². The molecule has 1 aromatic carbocycles. The highest BCUT2D eigenvalue weighted by atomic mass is 16.4. The minimum Gasteiger partial charge on any atom is -0.506 e. The van der Waals surface area contributed by atoms with Gasteiger partial charge in [0.1, 0.15) is 28.4 Å². The van der Waals surface area contributed by atoms with Crippen molar-refractivity contribution in [1.82, 2.24) is 0 Å². The summed E-state index contributed by atoms with van der Waals surface area (Å²) >= 11 is 0. The highest BCUT2D eigenvalue weighted by Crippen LogP contribution is 2.33. The lowest BCUT2D eigenvalue weighted by molar-refractivity contribution is 0.464. The molecule has 0 spiro atoms. The summed E-state index contributed by atoms with van der Waals surface area (Å²) in [5.74, 6) is 0.859. The quantitative estimate of drug-likeness (QED) is 0.666. The van der Waals surface area contributed by atoms with E-state index < -0.39 is 5.63 Å². The highest BCUT2D eigenvalue weighted by molar-refractivity contribution is 5.89. The molecule has 18 heavy (non-hydrogen) atoms. The van der Waals surface area contributed by atoms with Gasteiger partial charge >= 0.3 is 5.63 Å². The van der Waals surface area contributed by atoms with Gasteiger partial charge in [-0.2, -0.15) is 0 Å². The van der Waals surface area contributed by atoms with Gasteiger partial charge in [-0.1, -0.05) is 12.1 Å². The average Bonchev–Trinajstić information content (AvgIpc) is 2.76. The van der Waals surface area contributed by atoms with E-state index in [9.17, 15) is 9.90 Å². The zero-order valence-electron chi connectivity index (χ0n) is 9.64. The largest absolute Gasteiger partial charge is 0.506 e. The fourth-order valence-electron chi connectivity index (χ4n) is 1.92. The SMILES string of the molecule is Cc1ccc(-c2c(O)c3ccccc3oc2=O)o1. The van der Waals surface area contributed by atoms with Crippen LogP contribution in [0.4, 0.5) is 0 Å². The van der Waals surface area contributed by atoms with E-state index in [4.69, 9.17) is 8.83 Å². The molecule has 0 saturated carbocycles. The van der Waals surface area contributed by atoms with Gasteiger partial charge in [0.2, 0.25) is 0 Å². The van der Waals surface area contributed by atoms with E-state index in [1.165, 1.54) is 0 Å². The van der Waals surface area contributed by atoms with Crippen LogP contribution >= 0.6 is 0 Å². The molecule has 0 aliphatic carbocycles. The van der Waals surface area contributed by atoms with Crippen molar-refractivity contribution in [3.05, 3.63) is 52.6 Å². The first-order valence-corrected chi connectivity index (χ1v) is 5.48. The summed E-state index contributed by atoms with van der Waals surface area (Å²) in [4.78, 5) is 11.9. The molecule has 3 aromatic rings. The molecule has 0 atom stereocenters. The Hall–Kier alpha value is -2.49. The molecule has 0 saturated heterocycles. The molecule has 2 aromatic heterocycles. The van der Waals surface area contributed by atoms with Crippen molar-refractivity contribution in [1.29, 1.82) is 0 Å². The summed E-state index contributed by atoms with van der Waals surface area (Å²) in [7, 11) is 0. The highest BCUT2D eigenvalue weighted by Gasteiger charge is 2.17. The minimum absolute atomic E-state index is 0.0572. The van der Waals surface area contributed by atoms with Crippen molar-refractivity contribution in [2.45, 2.75) is 6.92 Å². The van der Waals surface area contributed by atoms with Gasteiger partial charge in [-0.25, -0.2) is 4.79 Å². The zero-order chi connectivity index (χ0) is 12.7. The normalized spacial score (nSPS) is 10.9. The van der Waals surface area contributed by atoms with Crippen LogP contribution in [0.3, 0.4) is 0 Å². The topological polar surface area (TPSA) is 63.6 Å². The van der Waals surface area contributed by atoms with Crippen LogP contribution in [0, 0.1) is 6.92 Å². The van der Waals surface area contributed by atoms with E-state index in [0.29, 0.717) is 22.5 Å². The summed E-state index contributed by atoms with van der Waals surface area (Å²) in [6.45, 7) is 1.77. The zero-order valence-corrected chi connectivity index (χ0v) is 9.64. The Balaban J connectivity index is 2.39. The molecule has 0 fully saturated rings. The van der Waals surface area contributed by atoms with Crippen molar-refractivity contribution < 1.29 is 13.9 Å². The summed E-state index contributed by atoms with van der Waals surface area (Å²) in [5.41, 5.74) is -0.200. The lowest BCUT2D eigenvalue weighted by Crippen LogP contribution is -2.02. The van der Waals surface area contributed by atoms with Gasteiger partial charge < -0.3 is 13.9 Å². The van der Waals surface area contributed by atoms with Gasteiger partial charge in [0, 0.05) is 0 Å². The van der Waals surface area contributed by atoms with Gasteiger partial charge in [0.15, 0.2) is 0 Å². The van der Waals surface area contributed by atoms with Crippen LogP contribution in [0.5, 0.6) is 5.75 Å². The van der Waals surface area contributed by atoms with Crippen molar-refractivity contribution in [2.75, 3.05) is 0 Å². The predicted molar refractivity (Wildman–Crippen MR) is 66.6 cm³/mol. The molecule has 3 rings (SSSR count). The molecule has 0 amide bonds. The summed E-state index contributed by atoms with van der Waals surface area (Å²) in [6, 6.07) is 10.2. The third kappa shape index (κ3) is 1.50. The maximum atomic E-state index is 11.9. The third-order valence-corrected chi connectivity index (χ3v) is 2.77. The number of furan rings is 1. The van der Waals surface area contributed by atoms with E-state index in [1.807, 2.05) is 0 Å². The van der Waals surface area contributed by atoms with Gasteiger partial charge in [-0.05, 0) is 31.2 Å². The number of fused-ring (bicyclic) bond motifs is 1. The lowest BCUT2D eigenvalue weighted by atomic mass is 10.1. The van der Waals surface area contributed by atoms with Crippen molar-refractivity contribution >= 4 is 11.0 Å². The van der Waals surface area contributed by atoms with Gasteiger partial charge in [-0.15, -0.1) is 0 Å². The van der Waals surface area contributed by atoms with Crippen molar-refractivity contribution in [3.8, 4) is 17.1 Å². The number of aryl methyl sites for hydroxylation is 1. The summed E-state index contributed by atoms with van der Waals surface area (Å²) in [5, 5.41) is 10.7. The third-order valence-electron chi connectivity index (χ3n) is 2.77. The number of hydrogen-bond acceptors (Lipinski definition) is 4. The molecule has 90 valence electrons. The number of para-hydroxylation sites is 1. The van der Waals surface area contributed by atoms with Crippen LogP contribution < -0.4 is 5.63 Å². The molecular formula is C14H10O4. The first-order chi connectivity index (χ1) is 8.66. The molecule has 2 heterocycles. The van der Waals surface area contributed by atoms with Crippen molar-refractivity contribution in [3.63, 3.8) is 0 Å². The van der Waals surface area contributed by atoms with Gasteiger partial charge in [0.25, 0.3) is 0 Å². The molecule has 0 bridgehead atoms. The van der Waals surface area contributed by atoms with E-state index in [0.717, 1.165) is 0 Å². The Kier molecular flexibility index (Phi) is 2.23. The smallest absolute Gasteiger partial charge is 0.351 e. The number of aromatic hydroxyl groups is 1. The Bertz CT molecular complexity index is 780. The molecule has 0 aliphatic rings. The molecule has 0 aliphatic heterocycles. The number of benzene rings is 1. The molecule has 0 unspecified atom stereocenters. The van der Waals surface area contributed by atoms with Crippen LogP contribution in [0.15, 0.2) is 50.0 Å². The fourth-order valence-corrected chi connectivity index (χ4v) is 1.92. The summed E-state index contributed by atoms with van der Waals surface area (Å²) in [6.07, 6.45) is 0. The van der Waals surface area contributed by atoms with Crippen LogP contribution in [-0.4, -0.2) is 5.11 Å². The molecule has 1 N–H and O–H groups in total. The Morgan fingerprint density at radius 2 is 1.83 bits per heavy atom. The summed E-state index contributed by atoms with van der Waals surface area (Å²) < 4.78 is 10.5. The van der Waals surface area contributed by atoms with E-state index in [1.54, 1.807) is 43.3 Å². The van der Waals surface area contributed by atoms with E-state index >= 15 is 0 Å². The second kappa shape index (κ2) is 3.77. The standard InChI is InChI=1S/C14H10O4/c1-8-6-7-11(17-8)12-13(15)9-4-2-3-5-10(9)18-14(12)16/h2-7,15H,1H3. The van der Waals surface area contributed by atoms with Crippen LogP contribution in [-0.2, 0) is 0 Å². The first-order valence-electron chi connectivity index (χ1n) is 5.48. The van der Waals surface area contributed by atoms with E-state index in [2.05, 4.69) is 0 Å². The Labute approximate surface area is 102 Å². The van der Waals surface area contributed by atoms with E-state index in [-0.39, 0.29) is 11.3 Å². The second-order valence-corrected chi connectivity index (χ2v) is 4.02. The Morgan fingerprint density at radius 1 is 1.06 bits per heavy atom. The average molecular weight is 242 g/mol. The number of rotatable bonds is 1. The fraction of sp³-hybridized carbons (Fsp3) is 0.0714. The number of hydrogen-bond donors (Lipinski definition) is 1. The van der Waals surface area contributed by atoms with Crippen LogP contribution in [0.1, 0.15) is 5.76 Å². The minimum atomic E-state index is -0.611. The maximum absolute atomic E-state index is 11.9. The molecule has 4 nitrogen and oxygen atoms in total. The lowest BCUT2D eigenvalue weighted by Gasteiger charge is -2.03. The van der Waals surface area contributed by atoms with Crippen LogP contribution in [0.25, 0.3) is 22.3 Å². The van der Waals surface area contributed by atoms with Crippen LogP contribution in [0.2, 0.25) is 0 Å². The molecule has 0 radical (unpaired) electrons. The first kappa shape index (κ1) is 10.7. The Morgan fingerprint density at radius 3 is 2.56 bits per heavy atom. The molecule has 4 heteroatoms. The maximum Gasteiger partial charge on any atom is 0.351 e. The second-order valence-electron chi connectivity index (χ2n) is 4.02.